The minimum absolute atomic E-state index is 0.0536. The zero-order valence-electron chi connectivity index (χ0n) is 13.3. The Morgan fingerprint density at radius 3 is 2.83 bits per heavy atom. The molecule has 1 amide bonds. The van der Waals surface area contributed by atoms with Gasteiger partial charge < -0.3 is 10.1 Å². The van der Waals surface area contributed by atoms with Crippen LogP contribution in [0.15, 0.2) is 42.5 Å². The smallest absolute Gasteiger partial charge is 0.255 e. The monoisotopic (exact) mass is 307 g/mol. The van der Waals surface area contributed by atoms with Crippen molar-refractivity contribution in [3.05, 3.63) is 59.2 Å². The number of carbonyl (C=O) groups excluding carboxylic acids is 1. The number of anilines is 1. The third-order valence-electron chi connectivity index (χ3n) is 5.04. The molecule has 2 aromatic rings. The molecule has 23 heavy (non-hydrogen) atoms. The second kappa shape index (κ2) is 5.73. The number of ether oxygens (including phenoxy) is 1. The van der Waals surface area contributed by atoms with Gasteiger partial charge in [0.25, 0.3) is 5.91 Å². The highest BCUT2D eigenvalue weighted by Crippen LogP contribution is 2.46. The average Bonchev–Trinajstić information content (AvgIpc) is 2.93. The largest absolute Gasteiger partial charge is 0.489 e. The van der Waals surface area contributed by atoms with Crippen LogP contribution in [0.25, 0.3) is 0 Å². The molecular formula is C20H21NO2. The molecule has 1 aliphatic carbocycles. The van der Waals surface area contributed by atoms with Gasteiger partial charge in [0, 0.05) is 22.7 Å². The molecule has 1 heterocycles. The van der Waals surface area contributed by atoms with Crippen LogP contribution in [0.1, 0.15) is 53.1 Å². The molecule has 3 heteroatoms. The predicted octanol–water partition coefficient (Wildman–Crippen LogP) is 4.67. The van der Waals surface area contributed by atoms with Gasteiger partial charge in [-0.25, -0.2) is 0 Å². The van der Waals surface area contributed by atoms with Crippen LogP contribution < -0.4 is 10.1 Å². The molecule has 2 aliphatic rings. The van der Waals surface area contributed by atoms with E-state index in [2.05, 4.69) is 11.4 Å². The van der Waals surface area contributed by atoms with Gasteiger partial charge in [0.2, 0.25) is 0 Å². The molecule has 0 radical (unpaired) electrons. The summed E-state index contributed by atoms with van der Waals surface area (Å²) < 4.78 is 6.06. The van der Waals surface area contributed by atoms with Crippen LogP contribution in [-0.2, 0) is 0 Å². The number of hydrogen-bond acceptors (Lipinski definition) is 2. The van der Waals surface area contributed by atoms with Gasteiger partial charge in [-0.05, 0) is 56.0 Å². The highest BCUT2D eigenvalue weighted by Gasteiger charge is 2.36. The molecule has 1 N–H and O–H groups in total. The summed E-state index contributed by atoms with van der Waals surface area (Å²) in [5, 5.41) is 3.03. The zero-order chi connectivity index (χ0) is 15.8. The van der Waals surface area contributed by atoms with E-state index in [-0.39, 0.29) is 5.91 Å². The van der Waals surface area contributed by atoms with E-state index in [1.54, 1.807) is 0 Å². The third kappa shape index (κ3) is 2.61. The molecule has 1 saturated carbocycles. The number of carbonyl (C=O) groups is 1. The molecule has 0 bridgehead atoms. The fourth-order valence-corrected chi connectivity index (χ4v) is 3.81. The van der Waals surface area contributed by atoms with E-state index >= 15 is 0 Å². The van der Waals surface area contributed by atoms with Crippen LogP contribution in [0.4, 0.5) is 5.69 Å². The van der Waals surface area contributed by atoms with Crippen molar-refractivity contribution in [2.75, 3.05) is 5.32 Å². The lowest BCUT2D eigenvalue weighted by molar-refractivity contribution is 0.102. The number of benzene rings is 2. The Hall–Kier alpha value is -2.29. The molecule has 0 aromatic heterocycles. The number of nitrogens with one attached hydrogen (secondary N) is 1. The SMILES string of the molecule is Cc1ccccc1C(=O)Nc1ccc2c(c1)C1CCCCC1O2. The quantitative estimate of drug-likeness (QED) is 0.876. The molecule has 1 fully saturated rings. The Balaban J connectivity index is 1.57. The number of aryl methyl sites for hydroxylation is 1. The van der Waals surface area contributed by atoms with Crippen molar-refractivity contribution in [2.24, 2.45) is 0 Å². The normalized spacial score (nSPS) is 22.0. The maximum atomic E-state index is 12.5. The summed E-state index contributed by atoms with van der Waals surface area (Å²) in [4.78, 5) is 12.5. The molecule has 4 rings (SSSR count). The first-order chi connectivity index (χ1) is 11.2. The van der Waals surface area contributed by atoms with Crippen LogP contribution in [0, 0.1) is 6.92 Å². The Labute approximate surface area is 136 Å². The van der Waals surface area contributed by atoms with E-state index in [0.717, 1.165) is 29.0 Å². The Morgan fingerprint density at radius 1 is 1.13 bits per heavy atom. The number of rotatable bonds is 2. The summed E-state index contributed by atoms with van der Waals surface area (Å²) in [7, 11) is 0. The van der Waals surface area contributed by atoms with Gasteiger partial charge in [-0.1, -0.05) is 24.6 Å². The van der Waals surface area contributed by atoms with E-state index < -0.39 is 0 Å². The second-order valence-electron chi connectivity index (χ2n) is 6.57. The van der Waals surface area contributed by atoms with Gasteiger partial charge in [-0.15, -0.1) is 0 Å². The molecule has 0 spiro atoms. The first-order valence-electron chi connectivity index (χ1n) is 8.40. The molecule has 2 unspecified atom stereocenters. The lowest BCUT2D eigenvalue weighted by Gasteiger charge is -2.23. The lowest BCUT2D eigenvalue weighted by Crippen LogP contribution is -2.22. The van der Waals surface area contributed by atoms with Crippen LogP contribution in [0.5, 0.6) is 5.75 Å². The highest BCUT2D eigenvalue weighted by atomic mass is 16.5. The summed E-state index contributed by atoms with van der Waals surface area (Å²) in [5.74, 6) is 1.44. The maximum Gasteiger partial charge on any atom is 0.255 e. The van der Waals surface area contributed by atoms with Gasteiger partial charge in [-0.3, -0.25) is 4.79 Å². The molecule has 1 aliphatic heterocycles. The minimum Gasteiger partial charge on any atom is -0.489 e. The van der Waals surface area contributed by atoms with E-state index in [1.165, 1.54) is 24.8 Å². The summed E-state index contributed by atoms with van der Waals surface area (Å²) >= 11 is 0. The average molecular weight is 307 g/mol. The first-order valence-corrected chi connectivity index (χ1v) is 8.40. The van der Waals surface area contributed by atoms with Gasteiger partial charge >= 0.3 is 0 Å². The Bertz CT molecular complexity index is 753. The van der Waals surface area contributed by atoms with Crippen LogP contribution in [0.2, 0.25) is 0 Å². The second-order valence-corrected chi connectivity index (χ2v) is 6.57. The predicted molar refractivity (Wildman–Crippen MR) is 91.2 cm³/mol. The van der Waals surface area contributed by atoms with E-state index in [0.29, 0.717) is 12.0 Å². The maximum absolute atomic E-state index is 12.5. The van der Waals surface area contributed by atoms with Crippen molar-refractivity contribution in [3.63, 3.8) is 0 Å². The standard InChI is InChI=1S/C20H21NO2/c1-13-6-2-3-7-15(13)20(22)21-14-10-11-19-17(12-14)16-8-4-5-9-18(16)23-19/h2-3,6-7,10-12,16,18H,4-5,8-9H2,1H3,(H,21,22). The molecule has 118 valence electrons. The van der Waals surface area contributed by atoms with E-state index in [1.807, 2.05) is 43.3 Å². The van der Waals surface area contributed by atoms with Crippen molar-refractivity contribution in [1.82, 2.24) is 0 Å². The minimum atomic E-state index is -0.0536. The topological polar surface area (TPSA) is 38.3 Å². The van der Waals surface area contributed by atoms with Gasteiger partial charge in [0.1, 0.15) is 11.9 Å². The number of fused-ring (bicyclic) bond motifs is 3. The summed E-state index contributed by atoms with van der Waals surface area (Å²) in [6.07, 6.45) is 5.19. The molecule has 2 atom stereocenters. The van der Waals surface area contributed by atoms with Crippen LogP contribution in [0.3, 0.4) is 0 Å². The molecule has 2 aromatic carbocycles. The van der Waals surface area contributed by atoms with Gasteiger partial charge in [0.15, 0.2) is 0 Å². The first kappa shape index (κ1) is 14.3. The fourth-order valence-electron chi connectivity index (χ4n) is 3.81. The highest BCUT2D eigenvalue weighted by molar-refractivity contribution is 6.05. The van der Waals surface area contributed by atoms with Gasteiger partial charge in [-0.2, -0.15) is 0 Å². The van der Waals surface area contributed by atoms with Crippen molar-refractivity contribution >= 4 is 11.6 Å². The summed E-state index contributed by atoms with van der Waals surface area (Å²) in [5.41, 5.74) is 3.82. The van der Waals surface area contributed by atoms with Gasteiger partial charge in [0.05, 0.1) is 0 Å². The van der Waals surface area contributed by atoms with Crippen molar-refractivity contribution in [2.45, 2.75) is 44.6 Å². The van der Waals surface area contributed by atoms with Crippen molar-refractivity contribution < 1.29 is 9.53 Å². The molecule has 3 nitrogen and oxygen atoms in total. The van der Waals surface area contributed by atoms with E-state index in [4.69, 9.17) is 4.74 Å². The van der Waals surface area contributed by atoms with Crippen molar-refractivity contribution in [1.29, 1.82) is 0 Å². The number of hydrogen-bond donors (Lipinski definition) is 1. The van der Waals surface area contributed by atoms with Crippen LogP contribution in [-0.4, -0.2) is 12.0 Å². The summed E-state index contributed by atoms with van der Waals surface area (Å²) in [6, 6.07) is 13.7. The zero-order valence-corrected chi connectivity index (χ0v) is 13.3. The number of amides is 1. The van der Waals surface area contributed by atoms with Crippen LogP contribution >= 0.6 is 0 Å². The van der Waals surface area contributed by atoms with Crippen molar-refractivity contribution in [3.8, 4) is 5.75 Å². The van der Waals surface area contributed by atoms with E-state index in [9.17, 15) is 4.79 Å². The lowest BCUT2D eigenvalue weighted by atomic mass is 9.83. The Morgan fingerprint density at radius 2 is 1.96 bits per heavy atom. The third-order valence-corrected chi connectivity index (χ3v) is 5.04. The summed E-state index contributed by atoms with van der Waals surface area (Å²) in [6.45, 7) is 1.96. The molecule has 0 saturated heterocycles. The molecular weight excluding hydrogens is 286 g/mol. The fraction of sp³-hybridized carbons (Fsp3) is 0.350. The Kier molecular flexibility index (Phi) is 3.56.